The van der Waals surface area contributed by atoms with Crippen molar-refractivity contribution in [2.24, 2.45) is 0 Å². The van der Waals surface area contributed by atoms with E-state index >= 15 is 0 Å². The lowest BCUT2D eigenvalue weighted by atomic mass is 9.43. The van der Waals surface area contributed by atoms with E-state index in [1.54, 1.807) is 0 Å². The molecule has 0 atom stereocenters. The molecule has 7 aromatic rings. The number of anilines is 5. The molecule has 9 rings (SSSR count). The van der Waals surface area contributed by atoms with Gasteiger partial charge in [-0.25, -0.2) is 0 Å². The zero-order valence-electron chi connectivity index (χ0n) is 35.3. The normalized spacial score (nSPS) is 14.3. The summed E-state index contributed by atoms with van der Waals surface area (Å²) >= 11 is 0. The standard InChI is InChI=1S/C52H55BN2O/c1-49(2,3)32-17-22-36(23-18-32)54-43-26-21-34(51(7,8)9)28-42(43)53-48-41(27-35(29-45(48)54)52(10,11)12)39-31-47-40(38-15-13-14-16-46(38)56-47)30-44(39)55(53)37-24-19-33(20-25-37)50(4,5)6/h13-31H,1-12H3. The highest BCUT2D eigenvalue weighted by atomic mass is 16.3. The molecule has 2 aliphatic rings. The number of furan rings is 1. The fourth-order valence-electron chi connectivity index (χ4n) is 8.88. The van der Waals surface area contributed by atoms with E-state index in [9.17, 15) is 0 Å². The first-order valence-corrected chi connectivity index (χ1v) is 20.4. The lowest BCUT2D eigenvalue weighted by molar-refractivity contribution is 0.590. The van der Waals surface area contributed by atoms with Gasteiger partial charge < -0.3 is 14.1 Å². The van der Waals surface area contributed by atoms with Crippen LogP contribution in [0.5, 0.6) is 0 Å². The third-order valence-electron chi connectivity index (χ3n) is 12.3. The Morgan fingerprint density at radius 3 is 1.61 bits per heavy atom. The quantitative estimate of drug-likeness (QED) is 0.165. The van der Waals surface area contributed by atoms with Crippen LogP contribution in [0.25, 0.3) is 33.1 Å². The number of benzene rings is 6. The molecule has 0 amide bonds. The van der Waals surface area contributed by atoms with Crippen molar-refractivity contribution in [3.8, 4) is 11.1 Å². The average Bonchev–Trinajstić information content (AvgIpc) is 3.50. The third kappa shape index (κ3) is 5.78. The highest BCUT2D eigenvalue weighted by molar-refractivity contribution is 6.93. The molecule has 0 saturated heterocycles. The molecular formula is C52H55BN2O. The van der Waals surface area contributed by atoms with Crippen LogP contribution in [0.15, 0.2) is 120 Å². The summed E-state index contributed by atoms with van der Waals surface area (Å²) in [5.74, 6) is 0. The molecule has 6 aromatic carbocycles. The molecule has 0 unspecified atom stereocenters. The van der Waals surface area contributed by atoms with E-state index in [0.29, 0.717) is 0 Å². The van der Waals surface area contributed by atoms with Gasteiger partial charge in [0.2, 0.25) is 0 Å². The van der Waals surface area contributed by atoms with Crippen LogP contribution in [0.2, 0.25) is 0 Å². The molecule has 56 heavy (non-hydrogen) atoms. The molecule has 2 aliphatic heterocycles. The Hall–Kier alpha value is -5.22. The van der Waals surface area contributed by atoms with Gasteiger partial charge in [0.25, 0.3) is 0 Å². The van der Waals surface area contributed by atoms with Crippen LogP contribution in [0, 0.1) is 0 Å². The zero-order chi connectivity index (χ0) is 39.7. The van der Waals surface area contributed by atoms with E-state index in [1.165, 1.54) is 72.7 Å². The van der Waals surface area contributed by atoms with Gasteiger partial charge in [0.15, 0.2) is 0 Å². The second-order valence-electron chi connectivity index (χ2n) is 20.4. The molecule has 0 aliphatic carbocycles. The van der Waals surface area contributed by atoms with Crippen molar-refractivity contribution in [1.29, 1.82) is 0 Å². The van der Waals surface area contributed by atoms with Crippen LogP contribution in [0.3, 0.4) is 0 Å². The lowest BCUT2D eigenvalue weighted by Crippen LogP contribution is -2.62. The van der Waals surface area contributed by atoms with Gasteiger partial charge in [0.1, 0.15) is 11.2 Å². The fraction of sp³-hybridized carbons (Fsp3) is 0.308. The molecule has 3 nitrogen and oxygen atoms in total. The van der Waals surface area contributed by atoms with Crippen molar-refractivity contribution >= 4 is 68.1 Å². The van der Waals surface area contributed by atoms with Crippen molar-refractivity contribution in [3.05, 3.63) is 138 Å². The molecule has 0 N–H and O–H groups in total. The van der Waals surface area contributed by atoms with E-state index < -0.39 is 0 Å². The Morgan fingerprint density at radius 1 is 0.429 bits per heavy atom. The van der Waals surface area contributed by atoms with Gasteiger partial charge in [-0.15, -0.1) is 0 Å². The summed E-state index contributed by atoms with van der Waals surface area (Å²) in [6, 6.07) is 44.1. The minimum atomic E-state index is -0.0806. The molecule has 0 bridgehead atoms. The van der Waals surface area contributed by atoms with E-state index in [2.05, 4.69) is 208 Å². The fourth-order valence-corrected chi connectivity index (χ4v) is 8.88. The van der Waals surface area contributed by atoms with E-state index in [-0.39, 0.29) is 28.5 Å². The van der Waals surface area contributed by atoms with Gasteiger partial charge in [0, 0.05) is 44.8 Å². The first-order valence-electron chi connectivity index (χ1n) is 20.4. The average molecular weight is 735 g/mol. The minimum absolute atomic E-state index is 0.0267. The Balaban J connectivity index is 1.42. The number of hydrogen-bond donors (Lipinski definition) is 0. The van der Waals surface area contributed by atoms with Crippen LogP contribution < -0.4 is 20.6 Å². The predicted octanol–water partition coefficient (Wildman–Crippen LogP) is 13.5. The van der Waals surface area contributed by atoms with Crippen LogP contribution >= 0.6 is 0 Å². The maximum atomic E-state index is 6.63. The summed E-state index contributed by atoms with van der Waals surface area (Å²) in [5, 5.41) is 2.29. The largest absolute Gasteiger partial charge is 0.456 e. The van der Waals surface area contributed by atoms with Crippen molar-refractivity contribution in [2.45, 2.75) is 105 Å². The molecular weight excluding hydrogens is 679 g/mol. The van der Waals surface area contributed by atoms with Gasteiger partial charge in [-0.3, -0.25) is 0 Å². The predicted molar refractivity (Wildman–Crippen MR) is 242 cm³/mol. The minimum Gasteiger partial charge on any atom is -0.456 e. The summed E-state index contributed by atoms with van der Waals surface area (Å²) in [6.07, 6.45) is 0. The molecule has 0 radical (unpaired) electrons. The van der Waals surface area contributed by atoms with Crippen molar-refractivity contribution < 1.29 is 4.42 Å². The first kappa shape index (κ1) is 36.4. The molecule has 0 spiro atoms. The number of rotatable bonds is 2. The highest BCUT2D eigenvalue weighted by Crippen LogP contribution is 2.50. The maximum Gasteiger partial charge on any atom is 0.333 e. The van der Waals surface area contributed by atoms with Crippen molar-refractivity contribution in [2.75, 3.05) is 9.71 Å². The summed E-state index contributed by atoms with van der Waals surface area (Å²) in [5.41, 5.74) is 18.3. The van der Waals surface area contributed by atoms with E-state index in [0.717, 1.165) is 21.9 Å². The number of para-hydroxylation sites is 1. The number of hydrogen-bond acceptors (Lipinski definition) is 3. The van der Waals surface area contributed by atoms with Crippen LogP contribution in [-0.2, 0) is 21.7 Å². The Morgan fingerprint density at radius 2 is 1.00 bits per heavy atom. The first-order chi connectivity index (χ1) is 26.3. The number of nitrogens with zero attached hydrogens (tertiary/aromatic N) is 2. The van der Waals surface area contributed by atoms with Gasteiger partial charge >= 0.3 is 6.85 Å². The molecule has 1 aromatic heterocycles. The second-order valence-corrected chi connectivity index (χ2v) is 20.4. The lowest BCUT2D eigenvalue weighted by Gasteiger charge is -2.46. The van der Waals surface area contributed by atoms with Crippen molar-refractivity contribution in [3.63, 3.8) is 0 Å². The molecule has 3 heterocycles. The zero-order valence-corrected chi connectivity index (χ0v) is 35.3. The van der Waals surface area contributed by atoms with Gasteiger partial charge in [0.05, 0.1) is 0 Å². The molecule has 0 fully saturated rings. The van der Waals surface area contributed by atoms with E-state index in [4.69, 9.17) is 4.42 Å². The van der Waals surface area contributed by atoms with Crippen LogP contribution in [0.4, 0.5) is 28.4 Å². The monoisotopic (exact) mass is 734 g/mol. The Bertz CT molecular complexity index is 2670. The molecule has 0 saturated carbocycles. The molecule has 4 heteroatoms. The summed E-state index contributed by atoms with van der Waals surface area (Å²) in [6.45, 7) is 27.7. The number of fused-ring (bicyclic) bond motifs is 7. The second kappa shape index (κ2) is 12.1. The third-order valence-corrected chi connectivity index (χ3v) is 12.3. The van der Waals surface area contributed by atoms with Crippen molar-refractivity contribution in [1.82, 2.24) is 0 Å². The topological polar surface area (TPSA) is 19.6 Å². The van der Waals surface area contributed by atoms with Gasteiger partial charge in [-0.1, -0.05) is 144 Å². The SMILES string of the molecule is CC(C)(C)c1ccc(N2B3c4cc(C(C)(C)C)ccc4N(c4ccc(C(C)(C)C)cc4)c4cc(C(C)(C)C)cc(c43)-c3cc4oc5ccccc5c4cc32)cc1. The Kier molecular flexibility index (Phi) is 7.90. The van der Waals surface area contributed by atoms with Gasteiger partial charge in [-0.2, -0.15) is 0 Å². The summed E-state index contributed by atoms with van der Waals surface area (Å²) < 4.78 is 6.63. The Labute approximate surface area is 334 Å². The summed E-state index contributed by atoms with van der Waals surface area (Å²) in [4.78, 5) is 5.18. The van der Waals surface area contributed by atoms with Crippen LogP contribution in [-0.4, -0.2) is 6.85 Å². The van der Waals surface area contributed by atoms with E-state index in [1.807, 2.05) is 0 Å². The smallest absolute Gasteiger partial charge is 0.333 e. The maximum absolute atomic E-state index is 6.63. The summed E-state index contributed by atoms with van der Waals surface area (Å²) in [7, 11) is 0. The van der Waals surface area contributed by atoms with Crippen LogP contribution in [0.1, 0.15) is 105 Å². The van der Waals surface area contributed by atoms with Gasteiger partial charge in [-0.05, 0) is 115 Å². The highest BCUT2D eigenvalue weighted by Gasteiger charge is 2.46. The molecule has 282 valence electrons.